The van der Waals surface area contributed by atoms with Gasteiger partial charge in [0.05, 0.1) is 13.7 Å². The molecule has 1 aliphatic rings. The standard InChI is InChI=1S/C13H17FO4/c1-13(2,7-15)8-6-9-12(18-5-4-17-9)10(14)11(8)16-3/h6,15H,4-5,7H2,1-3H3. The van der Waals surface area contributed by atoms with Crippen molar-refractivity contribution in [2.75, 3.05) is 26.9 Å². The summed E-state index contributed by atoms with van der Waals surface area (Å²) in [7, 11) is 1.39. The Kier molecular flexibility index (Phi) is 3.34. The van der Waals surface area contributed by atoms with Gasteiger partial charge in [0.1, 0.15) is 13.2 Å². The molecule has 2 rings (SSSR count). The molecular formula is C13H17FO4. The predicted molar refractivity (Wildman–Crippen MR) is 64.1 cm³/mol. The molecule has 0 atom stereocenters. The van der Waals surface area contributed by atoms with E-state index in [2.05, 4.69) is 0 Å². The molecule has 4 nitrogen and oxygen atoms in total. The molecule has 1 N–H and O–H groups in total. The van der Waals surface area contributed by atoms with E-state index in [1.165, 1.54) is 7.11 Å². The number of aliphatic hydroxyl groups is 1. The monoisotopic (exact) mass is 256 g/mol. The van der Waals surface area contributed by atoms with Crippen LogP contribution in [0.5, 0.6) is 17.2 Å². The third-order valence-corrected chi connectivity index (χ3v) is 3.06. The number of hydrogen-bond donors (Lipinski definition) is 1. The SMILES string of the molecule is COc1c(C(C)(C)CO)cc2c(c1F)OCCO2. The molecule has 0 spiro atoms. The summed E-state index contributed by atoms with van der Waals surface area (Å²) in [5, 5.41) is 9.41. The molecule has 100 valence electrons. The number of halogens is 1. The maximum absolute atomic E-state index is 14.3. The first-order valence-corrected chi connectivity index (χ1v) is 5.78. The van der Waals surface area contributed by atoms with E-state index < -0.39 is 11.2 Å². The van der Waals surface area contributed by atoms with Gasteiger partial charge in [0.15, 0.2) is 11.5 Å². The molecule has 0 fully saturated rings. The van der Waals surface area contributed by atoms with E-state index >= 15 is 0 Å². The summed E-state index contributed by atoms with van der Waals surface area (Å²) in [5.74, 6) is -0.0452. The fourth-order valence-electron chi connectivity index (χ4n) is 1.92. The Hall–Kier alpha value is -1.49. The average Bonchev–Trinajstić information content (AvgIpc) is 2.38. The zero-order valence-corrected chi connectivity index (χ0v) is 10.7. The highest BCUT2D eigenvalue weighted by molar-refractivity contribution is 5.55. The number of rotatable bonds is 3. The lowest BCUT2D eigenvalue weighted by Crippen LogP contribution is -2.25. The Morgan fingerprint density at radius 2 is 2.06 bits per heavy atom. The fourth-order valence-corrected chi connectivity index (χ4v) is 1.92. The quantitative estimate of drug-likeness (QED) is 0.897. The molecule has 1 aliphatic heterocycles. The highest BCUT2D eigenvalue weighted by Gasteiger charge is 2.31. The molecule has 5 heteroatoms. The van der Waals surface area contributed by atoms with Crippen molar-refractivity contribution in [1.29, 1.82) is 0 Å². The highest BCUT2D eigenvalue weighted by Crippen LogP contribution is 2.44. The van der Waals surface area contributed by atoms with Gasteiger partial charge in [0, 0.05) is 11.0 Å². The first-order chi connectivity index (χ1) is 8.51. The molecule has 0 aliphatic carbocycles. The molecule has 0 aromatic heterocycles. The summed E-state index contributed by atoms with van der Waals surface area (Å²) in [6.07, 6.45) is 0. The Bertz CT molecular complexity index is 457. The van der Waals surface area contributed by atoms with Crippen LogP contribution < -0.4 is 14.2 Å². The van der Waals surface area contributed by atoms with Gasteiger partial charge in [0.2, 0.25) is 11.6 Å². The molecule has 1 aromatic carbocycles. The van der Waals surface area contributed by atoms with E-state index in [4.69, 9.17) is 14.2 Å². The van der Waals surface area contributed by atoms with Gasteiger partial charge in [-0.2, -0.15) is 4.39 Å². The minimum absolute atomic E-state index is 0.0792. The van der Waals surface area contributed by atoms with Crippen LogP contribution in [0, 0.1) is 5.82 Å². The van der Waals surface area contributed by atoms with Crippen molar-refractivity contribution in [2.24, 2.45) is 0 Å². The molecule has 0 saturated heterocycles. The Morgan fingerprint density at radius 1 is 1.39 bits per heavy atom. The van der Waals surface area contributed by atoms with Crippen molar-refractivity contribution in [3.05, 3.63) is 17.4 Å². The van der Waals surface area contributed by atoms with E-state index in [0.717, 1.165) is 0 Å². The first-order valence-electron chi connectivity index (χ1n) is 5.78. The number of aliphatic hydroxyl groups excluding tert-OH is 1. The van der Waals surface area contributed by atoms with E-state index in [1.54, 1.807) is 19.9 Å². The zero-order valence-electron chi connectivity index (χ0n) is 10.7. The van der Waals surface area contributed by atoms with Gasteiger partial charge in [-0.05, 0) is 6.07 Å². The Morgan fingerprint density at radius 3 is 2.67 bits per heavy atom. The normalized spacial score (nSPS) is 14.5. The maximum atomic E-state index is 14.3. The molecule has 0 amide bonds. The molecule has 1 aromatic rings. The van der Waals surface area contributed by atoms with Gasteiger partial charge >= 0.3 is 0 Å². The molecule has 0 bridgehead atoms. The van der Waals surface area contributed by atoms with Crippen LogP contribution in [0.4, 0.5) is 4.39 Å². The van der Waals surface area contributed by atoms with Crippen LogP contribution in [0.15, 0.2) is 6.07 Å². The Labute approximate surface area is 105 Å². The second kappa shape index (κ2) is 4.65. The van der Waals surface area contributed by atoms with Crippen molar-refractivity contribution in [1.82, 2.24) is 0 Å². The van der Waals surface area contributed by atoms with Crippen LogP contribution in [0.3, 0.4) is 0 Å². The van der Waals surface area contributed by atoms with Crippen molar-refractivity contribution >= 4 is 0 Å². The van der Waals surface area contributed by atoms with Crippen molar-refractivity contribution in [3.63, 3.8) is 0 Å². The third kappa shape index (κ3) is 1.99. The number of benzene rings is 1. The van der Waals surface area contributed by atoms with Crippen molar-refractivity contribution in [3.8, 4) is 17.2 Å². The number of hydrogen-bond acceptors (Lipinski definition) is 4. The van der Waals surface area contributed by atoms with Gasteiger partial charge in [-0.1, -0.05) is 13.8 Å². The van der Waals surface area contributed by atoms with Crippen molar-refractivity contribution in [2.45, 2.75) is 19.3 Å². The van der Waals surface area contributed by atoms with Crippen LogP contribution in [0.25, 0.3) is 0 Å². The summed E-state index contributed by atoms with van der Waals surface area (Å²) >= 11 is 0. The van der Waals surface area contributed by atoms with Crippen LogP contribution in [0.2, 0.25) is 0 Å². The third-order valence-electron chi connectivity index (χ3n) is 3.06. The topological polar surface area (TPSA) is 47.9 Å². The van der Waals surface area contributed by atoms with Crippen LogP contribution in [-0.4, -0.2) is 32.0 Å². The summed E-state index contributed by atoms with van der Waals surface area (Å²) in [6, 6.07) is 1.67. The number of ether oxygens (including phenoxy) is 3. The maximum Gasteiger partial charge on any atom is 0.211 e. The number of fused-ring (bicyclic) bond motifs is 1. The minimum Gasteiger partial charge on any atom is -0.493 e. The lowest BCUT2D eigenvalue weighted by atomic mass is 9.84. The van der Waals surface area contributed by atoms with Gasteiger partial charge in [-0.3, -0.25) is 0 Å². The lowest BCUT2D eigenvalue weighted by Gasteiger charge is -2.28. The van der Waals surface area contributed by atoms with Gasteiger partial charge in [-0.15, -0.1) is 0 Å². The van der Waals surface area contributed by atoms with E-state index in [0.29, 0.717) is 24.5 Å². The minimum atomic E-state index is -0.623. The van der Waals surface area contributed by atoms with Gasteiger partial charge in [0.25, 0.3) is 0 Å². The number of methoxy groups -OCH3 is 1. The predicted octanol–water partition coefficient (Wildman–Crippen LogP) is 1.88. The van der Waals surface area contributed by atoms with Crippen LogP contribution >= 0.6 is 0 Å². The lowest BCUT2D eigenvalue weighted by molar-refractivity contribution is 0.160. The summed E-state index contributed by atoms with van der Waals surface area (Å²) in [5.41, 5.74) is -0.0589. The van der Waals surface area contributed by atoms with E-state index in [9.17, 15) is 9.50 Å². The van der Waals surface area contributed by atoms with E-state index in [-0.39, 0.29) is 18.1 Å². The smallest absolute Gasteiger partial charge is 0.211 e. The second-order valence-corrected chi connectivity index (χ2v) is 4.84. The molecule has 0 unspecified atom stereocenters. The summed E-state index contributed by atoms with van der Waals surface area (Å²) in [6.45, 7) is 4.19. The molecule has 1 heterocycles. The average molecular weight is 256 g/mol. The summed E-state index contributed by atoms with van der Waals surface area (Å²) < 4.78 is 30.0. The van der Waals surface area contributed by atoms with E-state index in [1.807, 2.05) is 0 Å². The highest BCUT2D eigenvalue weighted by atomic mass is 19.1. The van der Waals surface area contributed by atoms with Gasteiger partial charge < -0.3 is 19.3 Å². The zero-order chi connectivity index (χ0) is 13.3. The van der Waals surface area contributed by atoms with Crippen molar-refractivity contribution < 1.29 is 23.7 Å². The molecule has 0 radical (unpaired) electrons. The largest absolute Gasteiger partial charge is 0.493 e. The van der Waals surface area contributed by atoms with Gasteiger partial charge in [-0.25, -0.2) is 0 Å². The van der Waals surface area contributed by atoms with Crippen LogP contribution in [-0.2, 0) is 5.41 Å². The molecule has 18 heavy (non-hydrogen) atoms. The molecule has 0 saturated carbocycles. The second-order valence-electron chi connectivity index (χ2n) is 4.84. The first kappa shape index (κ1) is 13.0. The molecular weight excluding hydrogens is 239 g/mol. The van der Waals surface area contributed by atoms with Crippen LogP contribution in [0.1, 0.15) is 19.4 Å². The Balaban J connectivity index is 2.63. The fraction of sp³-hybridized carbons (Fsp3) is 0.538. The summed E-state index contributed by atoms with van der Waals surface area (Å²) in [4.78, 5) is 0.